The second-order valence-electron chi connectivity index (χ2n) is 7.54. The number of nitrogens with zero attached hydrogens (tertiary/aromatic N) is 3. The third-order valence-electron chi connectivity index (χ3n) is 3.85. The Morgan fingerprint density at radius 2 is 1.50 bits per heavy atom. The van der Waals surface area contributed by atoms with E-state index >= 15 is 0 Å². The monoisotopic (exact) mass is 389 g/mol. The minimum Gasteiger partial charge on any atom is -0.444 e. The summed E-state index contributed by atoms with van der Waals surface area (Å²) in [6.07, 6.45) is 5.81. The Morgan fingerprint density at radius 1 is 0.964 bits per heavy atom. The molecule has 0 saturated carbocycles. The molecule has 0 aromatic heterocycles. The summed E-state index contributed by atoms with van der Waals surface area (Å²) in [4.78, 5) is 26.2. The van der Waals surface area contributed by atoms with Crippen LogP contribution in [0, 0.1) is 0 Å². The van der Waals surface area contributed by atoms with Crippen LogP contribution in [0.1, 0.15) is 69.7 Å². The van der Waals surface area contributed by atoms with Gasteiger partial charge < -0.3 is 15.4 Å². The van der Waals surface area contributed by atoms with E-state index in [9.17, 15) is 9.59 Å². The maximum Gasteiger partial charge on any atom is 0.407 e. The van der Waals surface area contributed by atoms with E-state index in [1.54, 1.807) is 24.3 Å². The Labute approximate surface area is 166 Å². The predicted octanol–water partition coefficient (Wildman–Crippen LogP) is 5.22. The van der Waals surface area contributed by atoms with Crippen LogP contribution < -0.4 is 10.6 Å². The Morgan fingerprint density at radius 3 is 2.04 bits per heavy atom. The van der Waals surface area contributed by atoms with Crippen molar-refractivity contribution in [1.82, 2.24) is 10.6 Å². The molecule has 0 spiro atoms. The zero-order chi connectivity index (χ0) is 20.8. The van der Waals surface area contributed by atoms with Crippen molar-refractivity contribution in [2.45, 2.75) is 64.9 Å². The van der Waals surface area contributed by atoms with Gasteiger partial charge in [0.05, 0.1) is 0 Å². The van der Waals surface area contributed by atoms with Gasteiger partial charge >= 0.3 is 6.09 Å². The lowest BCUT2D eigenvalue weighted by molar-refractivity contribution is 0.0526. The molecule has 2 N–H and O–H groups in total. The summed E-state index contributed by atoms with van der Waals surface area (Å²) in [6.45, 7) is 6.80. The Hall–Kier alpha value is -2.73. The van der Waals surface area contributed by atoms with Crippen molar-refractivity contribution in [3.8, 4) is 0 Å². The van der Waals surface area contributed by atoms with Crippen molar-refractivity contribution >= 4 is 17.7 Å². The average molecular weight is 390 g/mol. The highest BCUT2D eigenvalue weighted by Crippen LogP contribution is 2.13. The molecular weight excluding hydrogens is 358 g/mol. The van der Waals surface area contributed by atoms with Crippen LogP contribution in [0.5, 0.6) is 0 Å². The number of azide groups is 1. The molecule has 28 heavy (non-hydrogen) atoms. The normalized spacial score (nSPS) is 10.7. The highest BCUT2D eigenvalue weighted by molar-refractivity contribution is 5.94. The number of carbonyl (C=O) groups excluding carboxylic acids is 2. The number of rotatable bonds is 11. The standard InChI is InChI=1S/C20H31N5O3/c1-20(2,3)28-19(27)23-15-9-7-5-4-6-8-14-22-18(26)16-10-12-17(13-11-16)24-25-21/h10-13H,4-9,14-15H2,1-3H3,(H,22,26)(H,23,27). The molecule has 0 radical (unpaired) electrons. The van der Waals surface area contributed by atoms with Crippen molar-refractivity contribution in [2.24, 2.45) is 5.11 Å². The highest BCUT2D eigenvalue weighted by Gasteiger charge is 2.15. The molecule has 1 aromatic carbocycles. The summed E-state index contributed by atoms with van der Waals surface area (Å²) >= 11 is 0. The van der Waals surface area contributed by atoms with Crippen molar-refractivity contribution in [3.63, 3.8) is 0 Å². The van der Waals surface area contributed by atoms with E-state index < -0.39 is 5.60 Å². The SMILES string of the molecule is CC(C)(C)OC(=O)NCCCCCCCCNC(=O)c1ccc(N=[N+]=[N-])cc1. The smallest absolute Gasteiger partial charge is 0.407 e. The second kappa shape index (κ2) is 12.6. The largest absolute Gasteiger partial charge is 0.444 e. The Bertz CT molecular complexity index is 661. The molecule has 154 valence electrons. The van der Waals surface area contributed by atoms with Crippen LogP contribution in [0.25, 0.3) is 10.4 Å². The molecule has 8 nitrogen and oxygen atoms in total. The second-order valence-corrected chi connectivity index (χ2v) is 7.54. The third kappa shape index (κ3) is 11.1. The van der Waals surface area contributed by atoms with Crippen molar-refractivity contribution in [3.05, 3.63) is 40.3 Å². The van der Waals surface area contributed by atoms with Gasteiger partial charge in [0.15, 0.2) is 0 Å². The molecule has 0 aliphatic rings. The van der Waals surface area contributed by atoms with Crippen LogP contribution >= 0.6 is 0 Å². The summed E-state index contributed by atoms with van der Waals surface area (Å²) in [5.74, 6) is -0.124. The number of ether oxygens (including phenoxy) is 1. The number of benzene rings is 1. The van der Waals surface area contributed by atoms with Crippen LogP contribution in [0.4, 0.5) is 10.5 Å². The number of carbonyl (C=O) groups is 2. The van der Waals surface area contributed by atoms with Gasteiger partial charge in [0.1, 0.15) is 5.60 Å². The van der Waals surface area contributed by atoms with E-state index in [0.29, 0.717) is 24.3 Å². The van der Waals surface area contributed by atoms with E-state index in [1.807, 2.05) is 20.8 Å². The van der Waals surface area contributed by atoms with E-state index in [4.69, 9.17) is 10.3 Å². The molecular formula is C20H31N5O3. The van der Waals surface area contributed by atoms with Crippen molar-refractivity contribution in [2.75, 3.05) is 13.1 Å². The van der Waals surface area contributed by atoms with E-state index in [0.717, 1.165) is 38.5 Å². The van der Waals surface area contributed by atoms with E-state index in [2.05, 4.69) is 20.7 Å². The molecule has 1 aromatic rings. The molecule has 0 fully saturated rings. The van der Waals surface area contributed by atoms with Crippen LogP contribution in [0.2, 0.25) is 0 Å². The van der Waals surface area contributed by atoms with Gasteiger partial charge in [0.2, 0.25) is 0 Å². The molecule has 2 amide bonds. The lowest BCUT2D eigenvalue weighted by Crippen LogP contribution is -2.32. The van der Waals surface area contributed by atoms with E-state index in [1.165, 1.54) is 0 Å². The van der Waals surface area contributed by atoms with Gasteiger partial charge in [-0.15, -0.1) is 0 Å². The highest BCUT2D eigenvalue weighted by atomic mass is 16.6. The third-order valence-corrected chi connectivity index (χ3v) is 3.85. The summed E-state index contributed by atoms with van der Waals surface area (Å²) in [6, 6.07) is 6.52. The Kier molecular flexibility index (Phi) is 10.5. The van der Waals surface area contributed by atoms with Gasteiger partial charge in [0, 0.05) is 29.3 Å². The van der Waals surface area contributed by atoms with Crippen molar-refractivity contribution in [1.29, 1.82) is 0 Å². The molecule has 0 atom stereocenters. The predicted molar refractivity (Wildman–Crippen MR) is 110 cm³/mol. The summed E-state index contributed by atoms with van der Waals surface area (Å²) in [5, 5.41) is 9.12. The summed E-state index contributed by atoms with van der Waals surface area (Å²) in [5.41, 5.74) is 8.94. The van der Waals surface area contributed by atoms with Crippen LogP contribution in [0.3, 0.4) is 0 Å². The number of amides is 2. The molecule has 0 aliphatic heterocycles. The maximum absolute atomic E-state index is 12.0. The van der Waals surface area contributed by atoms with Gasteiger partial charge in [0.25, 0.3) is 5.91 Å². The molecule has 0 heterocycles. The first kappa shape index (κ1) is 23.3. The van der Waals surface area contributed by atoms with Crippen molar-refractivity contribution < 1.29 is 14.3 Å². The molecule has 0 unspecified atom stereocenters. The fraction of sp³-hybridized carbons (Fsp3) is 0.600. The number of alkyl carbamates (subject to hydrolysis) is 1. The van der Waals surface area contributed by atoms with Gasteiger partial charge in [-0.3, -0.25) is 4.79 Å². The topological polar surface area (TPSA) is 116 Å². The van der Waals surface area contributed by atoms with Crippen LogP contribution in [0.15, 0.2) is 29.4 Å². The molecule has 0 aliphatic carbocycles. The first-order valence-electron chi connectivity index (χ1n) is 9.72. The zero-order valence-electron chi connectivity index (χ0n) is 17.0. The minimum atomic E-state index is -0.463. The number of nitrogens with one attached hydrogen (secondary N) is 2. The fourth-order valence-electron chi connectivity index (χ4n) is 2.50. The van der Waals surface area contributed by atoms with Gasteiger partial charge in [-0.25, -0.2) is 4.79 Å². The van der Waals surface area contributed by atoms with Gasteiger partial charge in [-0.2, -0.15) is 0 Å². The summed E-state index contributed by atoms with van der Waals surface area (Å²) < 4.78 is 5.17. The van der Waals surface area contributed by atoms with Crippen LogP contribution in [-0.4, -0.2) is 30.7 Å². The lowest BCUT2D eigenvalue weighted by atomic mass is 10.1. The van der Waals surface area contributed by atoms with Gasteiger partial charge in [-0.1, -0.05) is 42.9 Å². The molecule has 8 heteroatoms. The Balaban J connectivity index is 2.01. The average Bonchev–Trinajstić information content (AvgIpc) is 2.62. The van der Waals surface area contributed by atoms with E-state index in [-0.39, 0.29) is 12.0 Å². The number of unbranched alkanes of at least 4 members (excludes halogenated alkanes) is 5. The lowest BCUT2D eigenvalue weighted by Gasteiger charge is -2.19. The fourth-order valence-corrected chi connectivity index (χ4v) is 2.50. The van der Waals surface area contributed by atoms with Gasteiger partial charge in [-0.05, 0) is 51.3 Å². The first-order chi connectivity index (χ1) is 13.3. The number of hydrogen-bond acceptors (Lipinski definition) is 4. The molecule has 1 rings (SSSR count). The molecule has 0 bridgehead atoms. The number of hydrogen-bond donors (Lipinski definition) is 2. The zero-order valence-corrected chi connectivity index (χ0v) is 17.0. The summed E-state index contributed by atoms with van der Waals surface area (Å²) in [7, 11) is 0. The minimum absolute atomic E-state index is 0.124. The maximum atomic E-state index is 12.0. The van der Waals surface area contributed by atoms with Crippen LogP contribution in [-0.2, 0) is 4.74 Å². The quantitative estimate of drug-likeness (QED) is 0.234. The molecule has 0 saturated heterocycles. The first-order valence-corrected chi connectivity index (χ1v) is 9.72.